The molecule has 1 aromatic carbocycles. The second-order valence-electron chi connectivity index (χ2n) is 8.06. The Labute approximate surface area is 167 Å². The molecule has 0 aliphatic heterocycles. The van der Waals surface area contributed by atoms with E-state index >= 15 is 0 Å². The van der Waals surface area contributed by atoms with Crippen LogP contribution >= 0.6 is 0 Å². The molecule has 8 heteroatoms. The zero-order valence-electron chi connectivity index (χ0n) is 16.6. The van der Waals surface area contributed by atoms with Gasteiger partial charge in [-0.2, -0.15) is 0 Å². The highest BCUT2D eigenvalue weighted by atomic mass is 19.1. The molecule has 0 amide bonds. The van der Waals surface area contributed by atoms with Crippen molar-refractivity contribution in [3.8, 4) is 11.1 Å². The van der Waals surface area contributed by atoms with Gasteiger partial charge in [-0.25, -0.2) is 18.9 Å². The van der Waals surface area contributed by atoms with Crippen LogP contribution in [0.4, 0.5) is 10.3 Å². The Morgan fingerprint density at radius 3 is 2.76 bits per heavy atom. The molecule has 2 N–H and O–H groups in total. The van der Waals surface area contributed by atoms with Crippen molar-refractivity contribution in [3.63, 3.8) is 0 Å². The number of halogens is 1. The summed E-state index contributed by atoms with van der Waals surface area (Å²) in [5.74, 6) is 0.988. The normalized spacial score (nSPS) is 19.2. The molecule has 150 valence electrons. The van der Waals surface area contributed by atoms with Crippen LogP contribution in [0.25, 0.3) is 27.7 Å². The molecule has 3 aromatic heterocycles. The van der Waals surface area contributed by atoms with E-state index in [2.05, 4.69) is 34.2 Å². The van der Waals surface area contributed by atoms with Gasteiger partial charge in [0.2, 0.25) is 5.95 Å². The van der Waals surface area contributed by atoms with E-state index in [1.807, 2.05) is 29.8 Å². The number of nitrogens with one attached hydrogen (secondary N) is 1. The molecule has 0 spiro atoms. The Hall–Kier alpha value is -3.00. The Bertz CT molecular complexity index is 1220. The quantitative estimate of drug-likeness (QED) is 0.552. The summed E-state index contributed by atoms with van der Waals surface area (Å²) in [5, 5.41) is 17.2. The Morgan fingerprint density at radius 1 is 1.24 bits per heavy atom. The third-order valence-electron chi connectivity index (χ3n) is 5.62. The van der Waals surface area contributed by atoms with Crippen molar-refractivity contribution in [2.45, 2.75) is 51.8 Å². The molecule has 0 unspecified atom stereocenters. The third kappa shape index (κ3) is 2.95. The number of fused-ring (bicyclic) bond motifs is 2. The number of rotatable bonds is 4. The van der Waals surface area contributed by atoms with E-state index in [1.54, 1.807) is 10.7 Å². The smallest absolute Gasteiger partial charge is 0.241 e. The molecular formula is C21H23FN6O. The molecule has 4 aromatic rings. The second-order valence-corrected chi connectivity index (χ2v) is 8.06. The van der Waals surface area contributed by atoms with Gasteiger partial charge in [-0.3, -0.25) is 0 Å². The number of nitrogens with zero attached hydrogens (tertiary/aromatic N) is 5. The van der Waals surface area contributed by atoms with Gasteiger partial charge in [0.25, 0.3) is 0 Å². The van der Waals surface area contributed by atoms with Crippen LogP contribution in [-0.4, -0.2) is 41.4 Å². The zero-order chi connectivity index (χ0) is 20.3. The van der Waals surface area contributed by atoms with E-state index in [0.29, 0.717) is 24.3 Å². The van der Waals surface area contributed by atoms with Crippen LogP contribution in [-0.2, 0) is 0 Å². The summed E-state index contributed by atoms with van der Waals surface area (Å²) >= 11 is 0. The Morgan fingerprint density at radius 2 is 2.03 bits per heavy atom. The number of hydrogen-bond acceptors (Lipinski definition) is 5. The monoisotopic (exact) mass is 394 g/mol. The summed E-state index contributed by atoms with van der Waals surface area (Å²) < 4.78 is 18.6. The zero-order valence-corrected chi connectivity index (χ0v) is 16.6. The van der Waals surface area contributed by atoms with E-state index in [-0.39, 0.29) is 24.0 Å². The maximum absolute atomic E-state index is 14.8. The van der Waals surface area contributed by atoms with Crippen LogP contribution in [0.1, 0.15) is 38.6 Å². The second kappa shape index (κ2) is 6.52. The number of anilines is 1. The van der Waals surface area contributed by atoms with Gasteiger partial charge >= 0.3 is 0 Å². The van der Waals surface area contributed by atoms with Crippen LogP contribution in [0.15, 0.2) is 30.6 Å². The number of imidazole rings is 1. The number of hydrogen-bond donors (Lipinski definition) is 2. The van der Waals surface area contributed by atoms with Crippen molar-refractivity contribution in [1.29, 1.82) is 0 Å². The topological polar surface area (TPSA) is 80.3 Å². The lowest BCUT2D eigenvalue weighted by molar-refractivity contribution is 0.0833. The average molecular weight is 394 g/mol. The molecule has 1 aliphatic rings. The minimum Gasteiger partial charge on any atom is -0.393 e. The fourth-order valence-corrected chi connectivity index (χ4v) is 4.17. The van der Waals surface area contributed by atoms with Crippen molar-refractivity contribution >= 4 is 22.5 Å². The lowest BCUT2D eigenvalue weighted by Crippen LogP contribution is -2.39. The predicted molar refractivity (Wildman–Crippen MR) is 109 cm³/mol. The standard InChI is InChI=1S/C21H23FN6O/c1-11(2)28-12(3)24-20-17(22)6-13(7-18(20)28)16-4-5-27-19(16)10-23-21(26-27)25-14-8-15(29)9-14/h4-7,10-11,14-15,29H,8-9H2,1-3H3,(H,25,26). The summed E-state index contributed by atoms with van der Waals surface area (Å²) in [5.41, 5.74) is 3.62. The average Bonchev–Trinajstić information content (AvgIpc) is 3.20. The molecule has 7 nitrogen and oxygen atoms in total. The first-order chi connectivity index (χ1) is 13.9. The molecule has 0 radical (unpaired) electrons. The fraction of sp³-hybridized carbons (Fsp3) is 0.381. The minimum atomic E-state index is -0.331. The van der Waals surface area contributed by atoms with E-state index in [9.17, 15) is 9.50 Å². The van der Waals surface area contributed by atoms with Crippen LogP contribution in [0.3, 0.4) is 0 Å². The van der Waals surface area contributed by atoms with Crippen molar-refractivity contribution in [2.75, 3.05) is 5.32 Å². The number of aliphatic hydroxyl groups excluding tert-OH is 1. The van der Waals surface area contributed by atoms with E-state index in [4.69, 9.17) is 0 Å². The molecule has 3 heterocycles. The molecule has 0 saturated heterocycles. The predicted octanol–water partition coefficient (Wildman–Crippen LogP) is 3.71. The lowest BCUT2D eigenvalue weighted by Gasteiger charge is -2.31. The van der Waals surface area contributed by atoms with Gasteiger partial charge in [0.15, 0.2) is 5.82 Å². The van der Waals surface area contributed by atoms with Gasteiger partial charge in [0, 0.05) is 23.8 Å². The third-order valence-corrected chi connectivity index (χ3v) is 5.62. The van der Waals surface area contributed by atoms with Crippen molar-refractivity contribution < 1.29 is 9.50 Å². The summed E-state index contributed by atoms with van der Waals surface area (Å²) in [7, 11) is 0. The molecule has 0 atom stereocenters. The highest BCUT2D eigenvalue weighted by Crippen LogP contribution is 2.32. The van der Waals surface area contributed by atoms with Crippen LogP contribution in [0.2, 0.25) is 0 Å². The molecule has 1 fully saturated rings. The Balaban J connectivity index is 1.56. The summed E-state index contributed by atoms with van der Waals surface area (Å²) in [4.78, 5) is 8.82. The van der Waals surface area contributed by atoms with Gasteiger partial charge in [-0.05, 0) is 57.4 Å². The minimum absolute atomic E-state index is 0.183. The fourth-order valence-electron chi connectivity index (χ4n) is 4.17. The van der Waals surface area contributed by atoms with Crippen molar-refractivity contribution in [3.05, 3.63) is 42.2 Å². The molecule has 0 bridgehead atoms. The van der Waals surface area contributed by atoms with Gasteiger partial charge in [0.05, 0.1) is 23.3 Å². The summed E-state index contributed by atoms with van der Waals surface area (Å²) in [6, 6.07) is 5.81. The van der Waals surface area contributed by atoms with Gasteiger partial charge < -0.3 is 15.0 Å². The highest BCUT2D eigenvalue weighted by molar-refractivity contribution is 5.88. The summed E-state index contributed by atoms with van der Waals surface area (Å²) in [6.07, 6.45) is 4.77. The lowest BCUT2D eigenvalue weighted by atomic mass is 9.90. The maximum atomic E-state index is 14.8. The molecule has 29 heavy (non-hydrogen) atoms. The number of aromatic nitrogens is 5. The first kappa shape index (κ1) is 18.1. The number of benzene rings is 1. The van der Waals surface area contributed by atoms with Gasteiger partial charge in [-0.15, -0.1) is 5.10 Å². The van der Waals surface area contributed by atoms with E-state index in [0.717, 1.165) is 28.0 Å². The maximum Gasteiger partial charge on any atom is 0.241 e. The molecular weight excluding hydrogens is 371 g/mol. The van der Waals surface area contributed by atoms with E-state index < -0.39 is 0 Å². The van der Waals surface area contributed by atoms with Crippen LogP contribution in [0, 0.1) is 12.7 Å². The van der Waals surface area contributed by atoms with Crippen LogP contribution < -0.4 is 5.32 Å². The number of aryl methyl sites for hydroxylation is 1. The van der Waals surface area contributed by atoms with Crippen molar-refractivity contribution in [2.24, 2.45) is 0 Å². The molecule has 1 saturated carbocycles. The van der Waals surface area contributed by atoms with Gasteiger partial charge in [0.1, 0.15) is 11.3 Å². The first-order valence-corrected chi connectivity index (χ1v) is 9.88. The van der Waals surface area contributed by atoms with Crippen molar-refractivity contribution in [1.82, 2.24) is 24.1 Å². The largest absolute Gasteiger partial charge is 0.393 e. The summed E-state index contributed by atoms with van der Waals surface area (Å²) in [6.45, 7) is 6.03. The first-order valence-electron chi connectivity index (χ1n) is 9.88. The van der Waals surface area contributed by atoms with Gasteiger partial charge in [-0.1, -0.05) is 0 Å². The molecule has 5 rings (SSSR count). The van der Waals surface area contributed by atoms with Crippen LogP contribution in [0.5, 0.6) is 0 Å². The van der Waals surface area contributed by atoms with E-state index in [1.165, 1.54) is 6.07 Å². The number of aliphatic hydroxyl groups is 1. The molecule has 1 aliphatic carbocycles. The highest BCUT2D eigenvalue weighted by Gasteiger charge is 2.27. The Kier molecular flexibility index (Phi) is 4.06. The SMILES string of the molecule is Cc1nc2c(F)cc(-c3ccn4nc(NC5CC(O)C5)ncc34)cc2n1C(C)C.